The van der Waals surface area contributed by atoms with Gasteiger partial charge in [0.05, 0.1) is 6.07 Å². The lowest BCUT2D eigenvalue weighted by Gasteiger charge is -2.34. The molecule has 1 aliphatic heterocycles. The molecule has 0 saturated carbocycles. The Morgan fingerprint density at radius 3 is 2.78 bits per heavy atom. The second kappa shape index (κ2) is 8.10. The molecule has 0 aliphatic carbocycles. The maximum atomic E-state index is 12.0. The van der Waals surface area contributed by atoms with Crippen molar-refractivity contribution in [3.8, 4) is 5.88 Å². The number of carbonyl (C=O) groups is 1. The number of aromatic nitrogens is 2. The van der Waals surface area contributed by atoms with Gasteiger partial charge in [-0.15, -0.1) is 0 Å². The average molecular weight is 322 g/mol. The van der Waals surface area contributed by atoms with Crippen LogP contribution in [0.25, 0.3) is 0 Å². The minimum Gasteiger partial charge on any atom is -0.493 e. The van der Waals surface area contributed by atoms with E-state index in [1.54, 1.807) is 0 Å². The fourth-order valence-corrected chi connectivity index (χ4v) is 2.94. The predicted octanol–water partition coefficient (Wildman–Crippen LogP) is 0.645. The highest BCUT2D eigenvalue weighted by Gasteiger charge is 2.22. The van der Waals surface area contributed by atoms with Crippen molar-refractivity contribution in [2.24, 2.45) is 5.92 Å². The lowest BCUT2D eigenvalue weighted by molar-refractivity contribution is -0.122. The van der Waals surface area contributed by atoms with Gasteiger partial charge in [0.25, 0.3) is 5.56 Å². The molecule has 1 aromatic heterocycles. The average Bonchev–Trinajstić information content (AvgIpc) is 2.46. The number of nitrogens with one attached hydrogen (secondary N) is 2. The molecule has 7 nitrogen and oxygen atoms in total. The van der Waals surface area contributed by atoms with Gasteiger partial charge in [-0.25, -0.2) is 4.98 Å². The Kier molecular flexibility index (Phi) is 6.15. The topological polar surface area (TPSA) is 98.3 Å². The van der Waals surface area contributed by atoms with Crippen molar-refractivity contribution < 1.29 is 9.90 Å². The number of amides is 1. The van der Waals surface area contributed by atoms with Crippen LogP contribution in [0.5, 0.6) is 5.88 Å². The van der Waals surface area contributed by atoms with Crippen LogP contribution in [-0.4, -0.2) is 51.6 Å². The minimum absolute atomic E-state index is 0.0375. The number of likely N-dealkylation sites (tertiary alicyclic amines) is 1. The van der Waals surface area contributed by atoms with Crippen LogP contribution in [0.4, 0.5) is 0 Å². The first-order chi connectivity index (χ1) is 10.9. The third kappa shape index (κ3) is 5.67. The largest absolute Gasteiger partial charge is 0.493 e. The summed E-state index contributed by atoms with van der Waals surface area (Å²) in [5, 5.41) is 12.1. The molecular weight excluding hydrogens is 296 g/mol. The van der Waals surface area contributed by atoms with Crippen LogP contribution in [0.15, 0.2) is 10.9 Å². The zero-order chi connectivity index (χ0) is 16.8. The maximum absolute atomic E-state index is 12.0. The third-order valence-corrected chi connectivity index (χ3v) is 4.31. The summed E-state index contributed by atoms with van der Waals surface area (Å²) in [4.78, 5) is 32.0. The Balaban J connectivity index is 1.68. The molecule has 2 rings (SSSR count). The van der Waals surface area contributed by atoms with E-state index in [0.717, 1.165) is 32.0 Å². The van der Waals surface area contributed by atoms with Gasteiger partial charge in [-0.3, -0.25) is 9.59 Å². The molecule has 1 aliphatic rings. The number of H-pyrrole nitrogens is 1. The Morgan fingerprint density at radius 2 is 2.17 bits per heavy atom. The van der Waals surface area contributed by atoms with E-state index >= 15 is 0 Å². The van der Waals surface area contributed by atoms with Crippen molar-refractivity contribution in [2.75, 3.05) is 19.6 Å². The number of aromatic amines is 1. The van der Waals surface area contributed by atoms with Crippen molar-refractivity contribution in [1.29, 1.82) is 0 Å². The van der Waals surface area contributed by atoms with Crippen LogP contribution in [-0.2, 0) is 11.2 Å². The Bertz CT molecular complexity index is 577. The van der Waals surface area contributed by atoms with E-state index in [1.807, 2.05) is 0 Å². The van der Waals surface area contributed by atoms with Gasteiger partial charge in [0.2, 0.25) is 11.8 Å². The molecule has 0 aromatic carbocycles. The molecule has 1 saturated heterocycles. The third-order valence-electron chi connectivity index (χ3n) is 4.31. The number of hydrogen-bond acceptors (Lipinski definition) is 5. The van der Waals surface area contributed by atoms with Crippen LogP contribution in [0.1, 0.15) is 38.9 Å². The van der Waals surface area contributed by atoms with Crippen molar-refractivity contribution >= 4 is 5.91 Å². The summed E-state index contributed by atoms with van der Waals surface area (Å²) in [6.45, 7) is 6.92. The number of nitrogens with zero attached hydrogens (tertiary/aromatic N) is 2. The Hall–Kier alpha value is -1.89. The number of aromatic hydroxyl groups is 1. The highest BCUT2D eigenvalue weighted by atomic mass is 16.3. The first-order valence-electron chi connectivity index (χ1n) is 8.24. The summed E-state index contributed by atoms with van der Waals surface area (Å²) in [5.74, 6) is 0.562. The molecule has 2 heterocycles. The van der Waals surface area contributed by atoms with Crippen LogP contribution >= 0.6 is 0 Å². The van der Waals surface area contributed by atoms with Gasteiger partial charge in [0.1, 0.15) is 5.82 Å². The molecule has 3 N–H and O–H groups in total. The minimum atomic E-state index is -0.393. The second-order valence-corrected chi connectivity index (χ2v) is 6.43. The van der Waals surface area contributed by atoms with Crippen molar-refractivity contribution in [3.63, 3.8) is 0 Å². The SMILES string of the molecule is CC(C)N1CCC(CC(=O)NCCc2nc(O)cc(=O)[nH]2)CC1. The van der Waals surface area contributed by atoms with Gasteiger partial charge in [0, 0.05) is 25.4 Å². The van der Waals surface area contributed by atoms with Crippen LogP contribution in [0, 0.1) is 5.92 Å². The zero-order valence-corrected chi connectivity index (χ0v) is 13.8. The highest BCUT2D eigenvalue weighted by Crippen LogP contribution is 2.21. The molecule has 23 heavy (non-hydrogen) atoms. The molecule has 1 aromatic rings. The summed E-state index contributed by atoms with van der Waals surface area (Å²) >= 11 is 0. The standard InChI is InChI=1S/C16H26N4O3/c1-11(2)20-7-4-12(5-8-20)9-14(21)17-6-3-13-18-15(22)10-16(23)19-13/h10-12H,3-9H2,1-2H3,(H,17,21)(H2,18,19,22,23). The van der Waals surface area contributed by atoms with Gasteiger partial charge in [-0.1, -0.05) is 0 Å². The van der Waals surface area contributed by atoms with Crippen LogP contribution in [0.3, 0.4) is 0 Å². The summed E-state index contributed by atoms with van der Waals surface area (Å²) in [7, 11) is 0. The fraction of sp³-hybridized carbons (Fsp3) is 0.688. The number of carbonyl (C=O) groups excluding carboxylic acids is 1. The van der Waals surface area contributed by atoms with E-state index in [4.69, 9.17) is 0 Å². The maximum Gasteiger partial charge on any atom is 0.254 e. The predicted molar refractivity (Wildman–Crippen MR) is 87.3 cm³/mol. The molecule has 1 amide bonds. The first-order valence-corrected chi connectivity index (χ1v) is 8.24. The Morgan fingerprint density at radius 1 is 1.48 bits per heavy atom. The molecule has 1 fully saturated rings. The van der Waals surface area contributed by atoms with Gasteiger partial charge in [-0.05, 0) is 45.7 Å². The quantitative estimate of drug-likeness (QED) is 0.714. The fourth-order valence-electron chi connectivity index (χ4n) is 2.94. The summed E-state index contributed by atoms with van der Waals surface area (Å²) < 4.78 is 0. The van der Waals surface area contributed by atoms with Gasteiger partial charge >= 0.3 is 0 Å². The highest BCUT2D eigenvalue weighted by molar-refractivity contribution is 5.76. The molecular formula is C16H26N4O3. The summed E-state index contributed by atoms with van der Waals surface area (Å²) in [6, 6.07) is 1.59. The molecule has 0 atom stereocenters. The molecule has 0 bridgehead atoms. The number of rotatable bonds is 6. The van der Waals surface area contributed by atoms with E-state index in [2.05, 4.69) is 34.0 Å². The van der Waals surface area contributed by atoms with Gasteiger partial charge in [0.15, 0.2) is 0 Å². The monoisotopic (exact) mass is 322 g/mol. The van der Waals surface area contributed by atoms with Crippen LogP contribution < -0.4 is 10.9 Å². The first kappa shape index (κ1) is 17.5. The zero-order valence-electron chi connectivity index (χ0n) is 13.8. The van der Waals surface area contributed by atoms with Gasteiger partial charge < -0.3 is 20.3 Å². The number of hydrogen-bond donors (Lipinski definition) is 3. The van der Waals surface area contributed by atoms with E-state index in [0.29, 0.717) is 37.2 Å². The molecule has 7 heteroatoms. The molecule has 128 valence electrons. The summed E-state index contributed by atoms with van der Waals surface area (Å²) in [6.07, 6.45) is 3.07. The summed E-state index contributed by atoms with van der Waals surface area (Å²) in [5.41, 5.74) is -0.393. The second-order valence-electron chi connectivity index (χ2n) is 6.43. The molecule has 0 unspecified atom stereocenters. The van der Waals surface area contributed by atoms with Crippen molar-refractivity contribution in [2.45, 2.75) is 45.6 Å². The van der Waals surface area contributed by atoms with E-state index in [1.165, 1.54) is 0 Å². The van der Waals surface area contributed by atoms with E-state index in [-0.39, 0.29) is 11.8 Å². The van der Waals surface area contributed by atoms with E-state index in [9.17, 15) is 14.7 Å². The normalized spacial score (nSPS) is 16.7. The van der Waals surface area contributed by atoms with Crippen molar-refractivity contribution in [3.05, 3.63) is 22.2 Å². The number of piperidine rings is 1. The van der Waals surface area contributed by atoms with E-state index < -0.39 is 5.56 Å². The molecule has 0 spiro atoms. The van der Waals surface area contributed by atoms with Gasteiger partial charge in [-0.2, -0.15) is 0 Å². The van der Waals surface area contributed by atoms with Crippen molar-refractivity contribution in [1.82, 2.24) is 20.2 Å². The lowest BCUT2D eigenvalue weighted by Crippen LogP contribution is -2.39. The Labute approximate surface area is 136 Å². The molecule has 0 radical (unpaired) electrons. The van der Waals surface area contributed by atoms with Crippen LogP contribution in [0.2, 0.25) is 0 Å². The lowest BCUT2D eigenvalue weighted by atomic mass is 9.92. The smallest absolute Gasteiger partial charge is 0.254 e.